The summed E-state index contributed by atoms with van der Waals surface area (Å²) in [5.74, 6) is -0.559. The number of benzene rings is 2. The van der Waals surface area contributed by atoms with Gasteiger partial charge in [0.1, 0.15) is 0 Å². The Bertz CT molecular complexity index is 1220. The van der Waals surface area contributed by atoms with E-state index in [1.165, 1.54) is 27.8 Å². The molecule has 0 saturated carbocycles. The standard InChI is InChI=1S/C20H16N6O5S/c1-12-18(22-23-25(12)15-3-2-4-16(9-15)26(30)31)19(28)21-14-7-5-13(6-8-14)10-24-17(27)11-32-20(24)29/h2-9H,10-11H2,1H3,(H,21,28). The molecule has 1 fully saturated rings. The molecule has 3 amide bonds. The fourth-order valence-corrected chi connectivity index (χ4v) is 3.85. The number of hydrogen-bond donors (Lipinski definition) is 1. The van der Waals surface area contributed by atoms with Crippen molar-refractivity contribution >= 4 is 40.2 Å². The van der Waals surface area contributed by atoms with E-state index in [0.717, 1.165) is 17.3 Å². The number of nitrogens with zero attached hydrogens (tertiary/aromatic N) is 5. The highest BCUT2D eigenvalue weighted by Gasteiger charge is 2.29. The van der Waals surface area contributed by atoms with Crippen LogP contribution in [0.15, 0.2) is 48.5 Å². The summed E-state index contributed by atoms with van der Waals surface area (Å²) in [5.41, 5.74) is 2.06. The Morgan fingerprint density at radius 1 is 1.22 bits per heavy atom. The second-order valence-electron chi connectivity index (χ2n) is 6.90. The number of amides is 3. The van der Waals surface area contributed by atoms with Crippen molar-refractivity contribution < 1.29 is 19.3 Å². The predicted octanol–water partition coefficient (Wildman–Crippen LogP) is 2.93. The SMILES string of the molecule is Cc1c(C(=O)Nc2ccc(CN3C(=O)CSC3=O)cc2)nnn1-c1cccc([N+](=O)[O-])c1. The molecule has 32 heavy (non-hydrogen) atoms. The number of hydrogen-bond acceptors (Lipinski definition) is 8. The van der Waals surface area contributed by atoms with Gasteiger partial charge in [0.05, 0.1) is 28.6 Å². The summed E-state index contributed by atoms with van der Waals surface area (Å²) in [6, 6.07) is 12.6. The summed E-state index contributed by atoms with van der Waals surface area (Å²) in [4.78, 5) is 47.8. The lowest BCUT2D eigenvalue weighted by molar-refractivity contribution is -0.384. The van der Waals surface area contributed by atoms with Crippen molar-refractivity contribution in [2.45, 2.75) is 13.5 Å². The highest BCUT2D eigenvalue weighted by atomic mass is 32.2. The molecule has 162 valence electrons. The molecule has 12 heteroatoms. The molecule has 1 saturated heterocycles. The van der Waals surface area contributed by atoms with Crippen LogP contribution in [0.3, 0.4) is 0 Å². The Kier molecular flexibility index (Phi) is 5.69. The minimum Gasteiger partial charge on any atom is -0.321 e. The van der Waals surface area contributed by atoms with Crippen LogP contribution in [0.5, 0.6) is 0 Å². The van der Waals surface area contributed by atoms with E-state index in [1.807, 2.05) is 0 Å². The molecular formula is C20H16N6O5S. The summed E-state index contributed by atoms with van der Waals surface area (Å²) in [6.45, 7) is 1.81. The smallest absolute Gasteiger partial charge is 0.289 e. The minimum atomic E-state index is -0.512. The molecule has 3 aromatic rings. The van der Waals surface area contributed by atoms with Gasteiger partial charge in [-0.3, -0.25) is 29.4 Å². The quantitative estimate of drug-likeness (QED) is 0.445. The maximum absolute atomic E-state index is 12.7. The van der Waals surface area contributed by atoms with E-state index in [-0.39, 0.29) is 34.8 Å². The molecule has 11 nitrogen and oxygen atoms in total. The van der Waals surface area contributed by atoms with Gasteiger partial charge in [-0.2, -0.15) is 0 Å². The first-order valence-corrected chi connectivity index (χ1v) is 10.4. The lowest BCUT2D eigenvalue weighted by atomic mass is 10.2. The van der Waals surface area contributed by atoms with Crippen LogP contribution in [0.4, 0.5) is 16.2 Å². The Balaban J connectivity index is 1.46. The van der Waals surface area contributed by atoms with E-state index >= 15 is 0 Å². The molecule has 1 aliphatic rings. The molecule has 0 spiro atoms. The summed E-state index contributed by atoms with van der Waals surface area (Å²) < 4.78 is 1.35. The summed E-state index contributed by atoms with van der Waals surface area (Å²) in [5, 5.41) is 21.3. The van der Waals surface area contributed by atoms with Crippen molar-refractivity contribution in [1.29, 1.82) is 0 Å². The number of nitrogens with one attached hydrogen (secondary N) is 1. The van der Waals surface area contributed by atoms with Crippen molar-refractivity contribution in [3.63, 3.8) is 0 Å². The third-order valence-electron chi connectivity index (χ3n) is 4.79. The van der Waals surface area contributed by atoms with Crippen molar-refractivity contribution in [1.82, 2.24) is 19.9 Å². The van der Waals surface area contributed by atoms with Gasteiger partial charge in [-0.1, -0.05) is 35.2 Å². The van der Waals surface area contributed by atoms with Crippen molar-refractivity contribution in [2.24, 2.45) is 0 Å². The summed E-state index contributed by atoms with van der Waals surface area (Å²) in [7, 11) is 0. The van der Waals surface area contributed by atoms with Gasteiger partial charge in [-0.25, -0.2) is 4.68 Å². The number of aromatic nitrogens is 3. The van der Waals surface area contributed by atoms with Crippen molar-refractivity contribution in [3.8, 4) is 5.69 Å². The maximum atomic E-state index is 12.7. The zero-order valence-electron chi connectivity index (χ0n) is 16.7. The van der Waals surface area contributed by atoms with Crippen LogP contribution in [0.2, 0.25) is 0 Å². The predicted molar refractivity (Wildman–Crippen MR) is 116 cm³/mol. The van der Waals surface area contributed by atoms with Crippen LogP contribution in [0, 0.1) is 17.0 Å². The lowest BCUT2D eigenvalue weighted by Gasteiger charge is -2.13. The first kappa shape index (κ1) is 21.2. The average Bonchev–Trinajstić information content (AvgIpc) is 3.32. The van der Waals surface area contributed by atoms with Gasteiger partial charge in [0, 0.05) is 17.8 Å². The Labute approximate surface area is 185 Å². The van der Waals surface area contributed by atoms with E-state index in [0.29, 0.717) is 17.1 Å². The molecule has 4 rings (SSSR count). The van der Waals surface area contributed by atoms with E-state index in [4.69, 9.17) is 0 Å². The zero-order chi connectivity index (χ0) is 22.8. The molecule has 0 bridgehead atoms. The first-order valence-electron chi connectivity index (χ1n) is 9.38. The molecule has 2 heterocycles. The largest absolute Gasteiger partial charge is 0.321 e. The number of anilines is 1. The van der Waals surface area contributed by atoms with E-state index in [9.17, 15) is 24.5 Å². The highest BCUT2D eigenvalue weighted by Crippen LogP contribution is 2.22. The molecule has 0 radical (unpaired) electrons. The van der Waals surface area contributed by atoms with E-state index in [1.54, 1.807) is 37.3 Å². The Morgan fingerprint density at radius 2 is 1.97 bits per heavy atom. The zero-order valence-corrected chi connectivity index (χ0v) is 17.5. The molecule has 0 atom stereocenters. The number of imide groups is 1. The van der Waals surface area contributed by atoms with Crippen LogP contribution >= 0.6 is 11.8 Å². The number of nitro benzene ring substituents is 1. The summed E-state index contributed by atoms with van der Waals surface area (Å²) in [6.07, 6.45) is 0. The first-order chi connectivity index (χ1) is 15.3. The van der Waals surface area contributed by atoms with Crippen molar-refractivity contribution in [2.75, 3.05) is 11.1 Å². The third kappa shape index (κ3) is 4.21. The van der Waals surface area contributed by atoms with E-state index < -0.39 is 10.8 Å². The van der Waals surface area contributed by atoms with Crippen LogP contribution in [0.1, 0.15) is 21.7 Å². The average molecular weight is 452 g/mol. The van der Waals surface area contributed by atoms with Crippen LogP contribution in [-0.4, -0.2) is 47.6 Å². The lowest BCUT2D eigenvalue weighted by Crippen LogP contribution is -2.27. The molecule has 1 aliphatic heterocycles. The van der Waals surface area contributed by atoms with Gasteiger partial charge in [0.25, 0.3) is 16.8 Å². The number of non-ortho nitro benzene ring substituents is 1. The van der Waals surface area contributed by atoms with Crippen LogP contribution in [0.25, 0.3) is 5.69 Å². The van der Waals surface area contributed by atoms with E-state index in [2.05, 4.69) is 15.6 Å². The maximum Gasteiger partial charge on any atom is 0.289 e. The third-order valence-corrected chi connectivity index (χ3v) is 5.65. The van der Waals surface area contributed by atoms with Gasteiger partial charge in [0.15, 0.2) is 5.69 Å². The topological polar surface area (TPSA) is 140 Å². The molecule has 0 unspecified atom stereocenters. The number of thioether (sulfide) groups is 1. The van der Waals surface area contributed by atoms with Gasteiger partial charge < -0.3 is 5.32 Å². The van der Waals surface area contributed by atoms with Crippen molar-refractivity contribution in [3.05, 3.63) is 75.6 Å². The Morgan fingerprint density at radius 3 is 2.62 bits per heavy atom. The van der Waals surface area contributed by atoms with Gasteiger partial charge in [0.2, 0.25) is 5.91 Å². The van der Waals surface area contributed by atoms with Gasteiger partial charge >= 0.3 is 0 Å². The van der Waals surface area contributed by atoms with Gasteiger partial charge in [-0.05, 0) is 30.7 Å². The fraction of sp³-hybridized carbons (Fsp3) is 0.150. The Hall–Kier alpha value is -4.06. The molecule has 0 aliphatic carbocycles. The monoisotopic (exact) mass is 452 g/mol. The number of rotatable bonds is 6. The molecule has 1 aromatic heterocycles. The number of carbonyl (C=O) groups excluding carboxylic acids is 3. The molecule has 2 aromatic carbocycles. The fourth-order valence-electron chi connectivity index (χ4n) is 3.12. The second-order valence-corrected chi connectivity index (χ2v) is 7.82. The van der Waals surface area contributed by atoms with Gasteiger partial charge in [-0.15, -0.1) is 5.10 Å². The number of nitro groups is 1. The highest BCUT2D eigenvalue weighted by molar-refractivity contribution is 8.14. The van der Waals surface area contributed by atoms with Crippen LogP contribution in [-0.2, 0) is 11.3 Å². The minimum absolute atomic E-state index is 0.0749. The molecule has 1 N–H and O–H groups in total. The summed E-state index contributed by atoms with van der Waals surface area (Å²) >= 11 is 0.978. The molecular weight excluding hydrogens is 436 g/mol. The second kappa shape index (κ2) is 8.59. The number of carbonyl (C=O) groups is 3. The van der Waals surface area contributed by atoms with Crippen LogP contribution < -0.4 is 5.32 Å². The normalized spacial score (nSPS) is 13.5.